The highest BCUT2D eigenvalue weighted by Crippen LogP contribution is 2.24. The van der Waals surface area contributed by atoms with Crippen molar-refractivity contribution in [1.82, 2.24) is 5.32 Å². The number of methoxy groups -OCH3 is 1. The number of benzene rings is 1. The summed E-state index contributed by atoms with van der Waals surface area (Å²) < 4.78 is 5.12. The maximum Gasteiger partial charge on any atom is 0.118 e. The maximum atomic E-state index is 9.29. The molecule has 17 heavy (non-hydrogen) atoms. The third-order valence-electron chi connectivity index (χ3n) is 3.06. The van der Waals surface area contributed by atoms with Crippen molar-refractivity contribution in [3.63, 3.8) is 0 Å². The molecule has 1 fully saturated rings. The second kappa shape index (κ2) is 4.77. The van der Waals surface area contributed by atoms with E-state index in [0.717, 1.165) is 17.7 Å². The van der Waals surface area contributed by atoms with Gasteiger partial charge in [-0.3, -0.25) is 5.32 Å². The number of hydrogen-bond acceptors (Lipinski definition) is 3. The Balaban J connectivity index is 2.03. The number of nitriles is 1. The van der Waals surface area contributed by atoms with E-state index in [1.54, 1.807) is 7.11 Å². The monoisotopic (exact) mass is 230 g/mol. The molecule has 90 valence electrons. The number of nitrogens with zero attached hydrogens (tertiary/aromatic N) is 1. The lowest BCUT2D eigenvalue weighted by atomic mass is 9.94. The van der Waals surface area contributed by atoms with E-state index in [1.807, 2.05) is 31.2 Å². The van der Waals surface area contributed by atoms with Gasteiger partial charge in [-0.2, -0.15) is 5.26 Å². The van der Waals surface area contributed by atoms with Crippen molar-refractivity contribution in [3.8, 4) is 11.8 Å². The fourth-order valence-corrected chi connectivity index (χ4v) is 1.95. The van der Waals surface area contributed by atoms with Crippen LogP contribution in [-0.4, -0.2) is 18.7 Å². The molecule has 0 heterocycles. The minimum absolute atomic E-state index is 0.463. The summed E-state index contributed by atoms with van der Waals surface area (Å²) in [7, 11) is 1.66. The second-order valence-corrected chi connectivity index (χ2v) is 4.89. The quantitative estimate of drug-likeness (QED) is 0.844. The van der Waals surface area contributed by atoms with Gasteiger partial charge in [-0.05, 0) is 37.5 Å². The topological polar surface area (TPSA) is 45.0 Å². The molecule has 0 radical (unpaired) electrons. The Labute approximate surface area is 102 Å². The molecule has 0 bridgehead atoms. The number of hydrogen-bond donors (Lipinski definition) is 1. The van der Waals surface area contributed by atoms with Crippen LogP contribution in [0.15, 0.2) is 24.3 Å². The molecule has 0 aliphatic heterocycles. The van der Waals surface area contributed by atoms with Crippen molar-refractivity contribution < 1.29 is 4.74 Å². The average molecular weight is 230 g/mol. The molecule has 1 aromatic rings. The maximum absolute atomic E-state index is 9.29. The van der Waals surface area contributed by atoms with Gasteiger partial charge in [0.15, 0.2) is 0 Å². The van der Waals surface area contributed by atoms with Gasteiger partial charge in [0.2, 0.25) is 0 Å². The lowest BCUT2D eigenvalue weighted by molar-refractivity contribution is 0.413. The summed E-state index contributed by atoms with van der Waals surface area (Å²) >= 11 is 0. The minimum Gasteiger partial charge on any atom is -0.497 e. The molecule has 1 aliphatic rings. The Bertz CT molecular complexity index is 417. The van der Waals surface area contributed by atoms with E-state index in [0.29, 0.717) is 6.04 Å². The van der Waals surface area contributed by atoms with Gasteiger partial charge in [-0.15, -0.1) is 0 Å². The molecular formula is C14H18N2O. The van der Waals surface area contributed by atoms with Crippen molar-refractivity contribution in [1.29, 1.82) is 5.26 Å². The van der Waals surface area contributed by atoms with E-state index in [4.69, 9.17) is 4.74 Å². The first-order valence-corrected chi connectivity index (χ1v) is 5.97. The van der Waals surface area contributed by atoms with Gasteiger partial charge in [0.1, 0.15) is 11.3 Å². The largest absolute Gasteiger partial charge is 0.497 e. The van der Waals surface area contributed by atoms with E-state index in [9.17, 15) is 5.26 Å². The van der Waals surface area contributed by atoms with E-state index >= 15 is 0 Å². The minimum atomic E-state index is -0.463. The summed E-state index contributed by atoms with van der Waals surface area (Å²) in [6.07, 6.45) is 3.11. The molecule has 0 saturated heterocycles. The van der Waals surface area contributed by atoms with Crippen LogP contribution < -0.4 is 10.1 Å². The van der Waals surface area contributed by atoms with Gasteiger partial charge in [0.25, 0.3) is 0 Å². The van der Waals surface area contributed by atoms with Crippen LogP contribution in [0.3, 0.4) is 0 Å². The lowest BCUT2D eigenvalue weighted by Crippen LogP contribution is -2.44. The molecule has 0 spiro atoms. The van der Waals surface area contributed by atoms with Gasteiger partial charge >= 0.3 is 0 Å². The van der Waals surface area contributed by atoms with E-state index in [2.05, 4.69) is 11.4 Å². The molecule has 1 aliphatic carbocycles. The van der Waals surface area contributed by atoms with Crippen LogP contribution in [0.2, 0.25) is 0 Å². The van der Waals surface area contributed by atoms with Gasteiger partial charge in [-0.1, -0.05) is 12.1 Å². The molecule has 1 unspecified atom stereocenters. The van der Waals surface area contributed by atoms with Crippen LogP contribution in [0, 0.1) is 11.3 Å². The smallest absolute Gasteiger partial charge is 0.118 e. The highest BCUT2D eigenvalue weighted by atomic mass is 16.5. The normalized spacial score (nSPS) is 18.2. The molecule has 2 rings (SSSR count). The average Bonchev–Trinajstić information content (AvgIpc) is 3.14. The zero-order valence-corrected chi connectivity index (χ0v) is 10.4. The lowest BCUT2D eigenvalue weighted by Gasteiger charge is -2.23. The fourth-order valence-electron chi connectivity index (χ4n) is 1.95. The second-order valence-electron chi connectivity index (χ2n) is 4.89. The predicted molar refractivity (Wildman–Crippen MR) is 66.9 cm³/mol. The van der Waals surface area contributed by atoms with Crippen molar-refractivity contribution in [2.45, 2.75) is 37.8 Å². The summed E-state index contributed by atoms with van der Waals surface area (Å²) in [4.78, 5) is 0. The van der Waals surface area contributed by atoms with E-state index in [1.165, 1.54) is 12.8 Å². The molecule has 3 nitrogen and oxygen atoms in total. The third kappa shape index (κ3) is 3.21. The Morgan fingerprint density at radius 1 is 1.41 bits per heavy atom. The molecule has 3 heteroatoms. The van der Waals surface area contributed by atoms with Crippen molar-refractivity contribution in [3.05, 3.63) is 29.8 Å². The third-order valence-corrected chi connectivity index (χ3v) is 3.06. The summed E-state index contributed by atoms with van der Waals surface area (Å²) in [6.45, 7) is 1.97. The van der Waals surface area contributed by atoms with E-state index in [-0.39, 0.29) is 0 Å². The Kier molecular flexibility index (Phi) is 3.35. The van der Waals surface area contributed by atoms with Gasteiger partial charge in [0, 0.05) is 12.5 Å². The highest BCUT2D eigenvalue weighted by Gasteiger charge is 2.32. The molecule has 1 atom stereocenters. The van der Waals surface area contributed by atoms with Crippen molar-refractivity contribution in [2.75, 3.05) is 7.11 Å². The van der Waals surface area contributed by atoms with Crippen LogP contribution in [0.4, 0.5) is 0 Å². The molecule has 0 amide bonds. The fraction of sp³-hybridized carbons (Fsp3) is 0.500. The molecule has 0 aromatic heterocycles. The Morgan fingerprint density at radius 3 is 2.53 bits per heavy atom. The number of rotatable bonds is 5. The first kappa shape index (κ1) is 11.9. The number of ether oxygens (including phenoxy) is 1. The van der Waals surface area contributed by atoms with Crippen molar-refractivity contribution >= 4 is 0 Å². The van der Waals surface area contributed by atoms with Crippen molar-refractivity contribution in [2.24, 2.45) is 0 Å². The zero-order chi connectivity index (χ0) is 12.3. The predicted octanol–water partition coefficient (Wildman–Crippen LogP) is 2.27. The molecular weight excluding hydrogens is 212 g/mol. The Morgan fingerprint density at radius 2 is 2.06 bits per heavy atom. The summed E-state index contributed by atoms with van der Waals surface area (Å²) in [5.74, 6) is 0.850. The summed E-state index contributed by atoms with van der Waals surface area (Å²) in [5.41, 5.74) is 0.693. The molecule has 1 saturated carbocycles. The summed E-state index contributed by atoms with van der Waals surface area (Å²) in [5, 5.41) is 12.7. The highest BCUT2D eigenvalue weighted by molar-refractivity contribution is 5.29. The first-order valence-electron chi connectivity index (χ1n) is 5.97. The van der Waals surface area contributed by atoms with Crippen LogP contribution in [-0.2, 0) is 6.42 Å². The molecule has 1 aromatic carbocycles. The Hall–Kier alpha value is -1.53. The standard InChI is InChI=1S/C14H18N2O/c1-14(10-15,16-12-5-6-12)9-11-3-7-13(17-2)8-4-11/h3-4,7-8,12,16H,5-6,9H2,1-2H3. The zero-order valence-electron chi connectivity index (χ0n) is 10.4. The van der Waals surface area contributed by atoms with Crippen LogP contribution in [0.5, 0.6) is 5.75 Å². The van der Waals surface area contributed by atoms with Crippen LogP contribution >= 0.6 is 0 Å². The van der Waals surface area contributed by atoms with E-state index < -0.39 is 5.54 Å². The van der Waals surface area contributed by atoms with Gasteiger partial charge in [0.05, 0.1) is 13.2 Å². The van der Waals surface area contributed by atoms with Crippen LogP contribution in [0.25, 0.3) is 0 Å². The number of nitrogens with one attached hydrogen (secondary N) is 1. The van der Waals surface area contributed by atoms with Gasteiger partial charge in [-0.25, -0.2) is 0 Å². The van der Waals surface area contributed by atoms with Crippen LogP contribution in [0.1, 0.15) is 25.3 Å². The van der Waals surface area contributed by atoms with Gasteiger partial charge < -0.3 is 4.74 Å². The summed E-state index contributed by atoms with van der Waals surface area (Å²) in [6, 6.07) is 10.8. The first-order chi connectivity index (χ1) is 8.15. The molecule has 1 N–H and O–H groups in total. The SMILES string of the molecule is COc1ccc(CC(C)(C#N)NC2CC2)cc1.